The molecule has 0 fully saturated rings. The van der Waals surface area contributed by atoms with Crippen LogP contribution >= 0.6 is 0 Å². The summed E-state index contributed by atoms with van der Waals surface area (Å²) >= 11 is 0. The van der Waals surface area contributed by atoms with E-state index in [2.05, 4.69) is 39.2 Å². The largest absolute Gasteiger partial charge is 0.478 e. The standard InChI is InChI=1S/C53H59N5O9/c1-5-55-45-32-48-43(29-35(45)3)51(42-28-34(2)44(54-4)31-47(42)67-48)40-17-16-38(30-41(40)53(62)63)52(61)57-21-23-65-25-27-66-26-24-64-22-20-56-49(59)18-19-50(60)58-33-39-12-7-6-10-36(39)14-15-37-11-8-9-13-46(37)58/h6-17,28-32,42,51,55H,5,18-27,33H2,1-4H3,(H,56,59)(H,57,61)(H,62,63)/b15-14-,54-44?. The Labute approximate surface area is 391 Å². The van der Waals surface area contributed by atoms with Gasteiger partial charge in [0.1, 0.15) is 11.5 Å². The van der Waals surface area contributed by atoms with Gasteiger partial charge in [-0.1, -0.05) is 66.8 Å². The number of hydrogen-bond acceptors (Lipinski definition) is 10. The SMILES string of the molecule is CCNc1cc2c(cc1C)C(c1ccc(C(=O)NCCOCCOCCOCCNC(=O)CCC(=O)N3Cc4ccccc4/C=C\c4ccccc43)cc1C(=O)O)C1C=C(C)C(=NC)C=C1O2. The highest BCUT2D eigenvalue weighted by Gasteiger charge is 2.39. The lowest BCUT2D eigenvalue weighted by Gasteiger charge is -2.37. The van der Waals surface area contributed by atoms with E-state index in [-0.39, 0.29) is 60.8 Å². The number of carbonyl (C=O) groups excluding carboxylic acids is 3. The number of aliphatic imine (C=N–C) groups is 1. The maximum atomic E-state index is 13.4. The van der Waals surface area contributed by atoms with Crippen LogP contribution in [0.5, 0.6) is 5.75 Å². The smallest absolute Gasteiger partial charge is 0.336 e. The monoisotopic (exact) mass is 909 g/mol. The summed E-state index contributed by atoms with van der Waals surface area (Å²) in [6.45, 7) is 9.51. The molecule has 2 aliphatic heterocycles. The lowest BCUT2D eigenvalue weighted by molar-refractivity contribution is -0.125. The summed E-state index contributed by atoms with van der Waals surface area (Å²) in [7, 11) is 1.73. The van der Waals surface area contributed by atoms with Gasteiger partial charge in [0.2, 0.25) is 11.8 Å². The van der Waals surface area contributed by atoms with Crippen LogP contribution in [0.1, 0.15) is 86.7 Å². The topological polar surface area (TPSA) is 177 Å². The van der Waals surface area contributed by atoms with Gasteiger partial charge in [0.05, 0.1) is 63.1 Å². The second-order valence-electron chi connectivity index (χ2n) is 16.5. The zero-order valence-electron chi connectivity index (χ0n) is 38.6. The van der Waals surface area contributed by atoms with Crippen LogP contribution in [-0.4, -0.2) is 101 Å². The maximum Gasteiger partial charge on any atom is 0.336 e. The first-order chi connectivity index (χ1) is 32.6. The molecule has 4 aromatic carbocycles. The number of carboxylic acids is 1. The van der Waals surface area contributed by atoms with Crippen LogP contribution in [0.25, 0.3) is 12.2 Å². The van der Waals surface area contributed by atoms with E-state index in [0.29, 0.717) is 63.2 Å². The zero-order valence-corrected chi connectivity index (χ0v) is 38.6. The van der Waals surface area contributed by atoms with E-state index >= 15 is 0 Å². The molecular formula is C53H59N5O9. The number of ether oxygens (including phenoxy) is 4. The van der Waals surface area contributed by atoms with E-state index in [1.54, 1.807) is 24.1 Å². The summed E-state index contributed by atoms with van der Waals surface area (Å²) < 4.78 is 23.3. The highest BCUT2D eigenvalue weighted by molar-refractivity contribution is 6.09. The third kappa shape index (κ3) is 11.9. The number of rotatable bonds is 20. The van der Waals surface area contributed by atoms with Crippen LogP contribution in [0.15, 0.2) is 107 Å². The number of anilines is 2. The Bertz CT molecular complexity index is 2600. The van der Waals surface area contributed by atoms with Crippen molar-refractivity contribution in [3.05, 3.63) is 147 Å². The third-order valence-corrected chi connectivity index (χ3v) is 12.0. The van der Waals surface area contributed by atoms with Crippen LogP contribution in [-0.2, 0) is 30.3 Å². The van der Waals surface area contributed by atoms with Crippen LogP contribution in [0.3, 0.4) is 0 Å². The Kier molecular flexibility index (Phi) is 16.5. The Morgan fingerprint density at radius 2 is 1.49 bits per heavy atom. The van der Waals surface area contributed by atoms with Gasteiger partial charge in [-0.25, -0.2) is 4.79 Å². The number of amides is 3. The number of nitrogens with one attached hydrogen (secondary N) is 3. The van der Waals surface area contributed by atoms with E-state index in [1.807, 2.05) is 87.5 Å². The molecule has 14 nitrogen and oxygen atoms in total. The van der Waals surface area contributed by atoms with Crippen molar-refractivity contribution >= 4 is 52.9 Å². The summed E-state index contributed by atoms with van der Waals surface area (Å²) in [6.07, 6.45) is 8.23. The normalized spacial score (nSPS) is 17.0. The molecule has 3 amide bonds. The molecule has 1 aliphatic carbocycles. The second-order valence-corrected chi connectivity index (χ2v) is 16.5. The van der Waals surface area contributed by atoms with Crippen molar-refractivity contribution in [2.24, 2.45) is 10.9 Å². The van der Waals surface area contributed by atoms with E-state index in [4.69, 9.17) is 18.9 Å². The zero-order chi connectivity index (χ0) is 47.3. The quantitative estimate of drug-likeness (QED) is 0.0647. The van der Waals surface area contributed by atoms with Gasteiger partial charge >= 0.3 is 5.97 Å². The molecule has 2 unspecified atom stereocenters. The molecule has 0 radical (unpaired) electrons. The van der Waals surface area contributed by atoms with Gasteiger partial charge in [0.25, 0.3) is 5.91 Å². The molecule has 0 aromatic heterocycles. The lowest BCUT2D eigenvalue weighted by atomic mass is 9.73. The van der Waals surface area contributed by atoms with Gasteiger partial charge in [-0.05, 0) is 78.4 Å². The predicted octanol–water partition coefficient (Wildman–Crippen LogP) is 7.57. The van der Waals surface area contributed by atoms with Crippen LogP contribution < -0.4 is 25.6 Å². The summed E-state index contributed by atoms with van der Waals surface area (Å²) in [6, 6.07) is 24.6. The Morgan fingerprint density at radius 3 is 2.22 bits per heavy atom. The number of carboxylic acid groups (broad SMARTS) is 1. The first-order valence-corrected chi connectivity index (χ1v) is 22.8. The first kappa shape index (κ1) is 48.1. The predicted molar refractivity (Wildman–Crippen MR) is 260 cm³/mol. The van der Waals surface area contributed by atoms with Crippen molar-refractivity contribution in [2.75, 3.05) is 76.5 Å². The minimum absolute atomic E-state index is 0.0425. The maximum absolute atomic E-state index is 13.4. The second kappa shape index (κ2) is 23.0. The number of carbonyl (C=O) groups is 4. The summed E-state index contributed by atoms with van der Waals surface area (Å²) in [4.78, 5) is 58.2. The van der Waals surface area contributed by atoms with Crippen molar-refractivity contribution < 1.29 is 43.2 Å². The molecule has 4 N–H and O–H groups in total. The van der Waals surface area contributed by atoms with E-state index in [0.717, 1.165) is 57.0 Å². The fraction of sp³-hybridized carbons (Fsp3) is 0.340. The highest BCUT2D eigenvalue weighted by Crippen LogP contribution is 2.50. The number of aromatic carboxylic acids is 1. The third-order valence-electron chi connectivity index (χ3n) is 12.0. The Morgan fingerprint density at radius 1 is 0.806 bits per heavy atom. The molecule has 0 saturated carbocycles. The van der Waals surface area contributed by atoms with Gasteiger partial charge < -0.3 is 44.9 Å². The van der Waals surface area contributed by atoms with Gasteiger partial charge in [-0.2, -0.15) is 0 Å². The minimum Gasteiger partial charge on any atom is -0.478 e. The number of benzene rings is 4. The molecule has 67 heavy (non-hydrogen) atoms. The molecule has 0 bridgehead atoms. The fourth-order valence-electron chi connectivity index (χ4n) is 8.60. The van der Waals surface area contributed by atoms with Crippen LogP contribution in [0.4, 0.5) is 11.4 Å². The summed E-state index contributed by atoms with van der Waals surface area (Å²) in [5.74, 6) is -1.22. The number of allylic oxidation sites excluding steroid dienone is 3. The van der Waals surface area contributed by atoms with Gasteiger partial charge in [-0.3, -0.25) is 19.4 Å². The molecule has 4 aromatic rings. The van der Waals surface area contributed by atoms with E-state index in [1.165, 1.54) is 6.07 Å². The number of nitrogens with zero attached hydrogens (tertiary/aromatic N) is 2. The van der Waals surface area contributed by atoms with Crippen molar-refractivity contribution in [3.8, 4) is 5.75 Å². The molecule has 2 heterocycles. The van der Waals surface area contributed by atoms with Crippen molar-refractivity contribution in [3.63, 3.8) is 0 Å². The number of para-hydroxylation sites is 1. The average Bonchev–Trinajstić information content (AvgIpc) is 3.32. The van der Waals surface area contributed by atoms with Crippen LogP contribution in [0.2, 0.25) is 0 Å². The molecule has 2 atom stereocenters. The minimum atomic E-state index is -1.13. The van der Waals surface area contributed by atoms with Gasteiger partial charge in [0.15, 0.2) is 0 Å². The van der Waals surface area contributed by atoms with Crippen molar-refractivity contribution in [1.82, 2.24) is 10.6 Å². The van der Waals surface area contributed by atoms with Crippen molar-refractivity contribution in [1.29, 1.82) is 0 Å². The summed E-state index contributed by atoms with van der Waals surface area (Å²) in [5.41, 5.74) is 9.31. The average molecular weight is 910 g/mol. The molecule has 0 saturated heterocycles. The van der Waals surface area contributed by atoms with E-state index < -0.39 is 11.9 Å². The fourth-order valence-corrected chi connectivity index (χ4v) is 8.60. The Hall–Kier alpha value is -6.87. The molecule has 14 heteroatoms. The molecule has 3 aliphatic rings. The van der Waals surface area contributed by atoms with Crippen LogP contribution in [0, 0.1) is 12.8 Å². The van der Waals surface area contributed by atoms with Crippen molar-refractivity contribution in [2.45, 2.75) is 46.1 Å². The number of hydrogen-bond donors (Lipinski definition) is 4. The number of fused-ring (bicyclic) bond motifs is 4. The molecule has 350 valence electrons. The number of aryl methyl sites for hydroxylation is 1. The molecule has 0 spiro atoms. The molecular weight excluding hydrogens is 851 g/mol. The molecule has 7 rings (SSSR count). The highest BCUT2D eigenvalue weighted by atomic mass is 16.5. The van der Waals surface area contributed by atoms with Gasteiger partial charge in [0, 0.05) is 80.3 Å². The summed E-state index contributed by atoms with van der Waals surface area (Å²) in [5, 5.41) is 19.5. The van der Waals surface area contributed by atoms with E-state index in [9.17, 15) is 24.3 Å². The van der Waals surface area contributed by atoms with Gasteiger partial charge in [-0.15, -0.1) is 0 Å². The first-order valence-electron chi connectivity index (χ1n) is 22.8. The lowest BCUT2D eigenvalue weighted by Crippen LogP contribution is -2.33. The Balaban J connectivity index is 0.795.